The lowest BCUT2D eigenvalue weighted by atomic mass is 10.1. The molecule has 2 aromatic rings. The zero-order valence-electron chi connectivity index (χ0n) is 15.3. The molecule has 0 saturated heterocycles. The van der Waals surface area contributed by atoms with Crippen LogP contribution in [0.3, 0.4) is 0 Å². The zero-order valence-corrected chi connectivity index (χ0v) is 16.1. The van der Waals surface area contributed by atoms with E-state index in [4.69, 9.17) is 9.47 Å². The Kier molecular flexibility index (Phi) is 6.64. The Morgan fingerprint density at radius 1 is 1.28 bits per heavy atom. The van der Waals surface area contributed by atoms with Gasteiger partial charge in [-0.15, -0.1) is 11.3 Å². The Balaban J connectivity index is 1.90. The van der Waals surface area contributed by atoms with Crippen molar-refractivity contribution < 1.29 is 14.3 Å². The van der Waals surface area contributed by atoms with Crippen LogP contribution in [-0.2, 0) is 26.5 Å². The summed E-state index contributed by atoms with van der Waals surface area (Å²) in [4.78, 5) is 20.7. The number of carbonyl (C=O) groups is 1. The molecule has 6 nitrogen and oxygen atoms in total. The van der Waals surface area contributed by atoms with Crippen LogP contribution < -0.4 is 5.32 Å². The first-order chi connectivity index (χ1) is 11.8. The molecule has 0 bridgehead atoms. The number of nitrogens with one attached hydrogen (secondary N) is 1. The summed E-state index contributed by atoms with van der Waals surface area (Å²) >= 11 is 1.38. The van der Waals surface area contributed by atoms with Gasteiger partial charge < -0.3 is 9.47 Å². The molecule has 0 aromatic carbocycles. The second-order valence-corrected chi connectivity index (χ2v) is 7.37. The standard InChI is InChI=1S/C18H25N3O3S/c1-12(2)24-18(4,5)15-11-25-17(20-15)21-16(22)13(3)23-10-14-6-8-19-9-7-14/h6-9,11-13H,10H2,1-5H3,(H,20,21,22)/t13-/m0/s1. The van der Waals surface area contributed by atoms with Crippen LogP contribution in [0.25, 0.3) is 0 Å². The first-order valence-corrected chi connectivity index (χ1v) is 9.11. The van der Waals surface area contributed by atoms with Crippen molar-refractivity contribution >= 4 is 22.4 Å². The van der Waals surface area contributed by atoms with Crippen LogP contribution in [-0.4, -0.2) is 28.1 Å². The lowest BCUT2D eigenvalue weighted by Crippen LogP contribution is -2.28. The molecule has 1 N–H and O–H groups in total. The first-order valence-electron chi connectivity index (χ1n) is 8.23. The Labute approximate surface area is 152 Å². The van der Waals surface area contributed by atoms with Gasteiger partial charge in [0.15, 0.2) is 5.13 Å². The molecule has 25 heavy (non-hydrogen) atoms. The van der Waals surface area contributed by atoms with Crippen LogP contribution in [0, 0.1) is 0 Å². The molecular weight excluding hydrogens is 338 g/mol. The van der Waals surface area contributed by atoms with Crippen molar-refractivity contribution in [1.82, 2.24) is 9.97 Å². The fourth-order valence-corrected chi connectivity index (χ4v) is 3.11. The van der Waals surface area contributed by atoms with E-state index in [9.17, 15) is 4.79 Å². The van der Waals surface area contributed by atoms with Crippen molar-refractivity contribution in [3.05, 3.63) is 41.2 Å². The van der Waals surface area contributed by atoms with Crippen LogP contribution in [0.1, 0.15) is 45.9 Å². The van der Waals surface area contributed by atoms with Crippen LogP contribution in [0.15, 0.2) is 29.9 Å². The molecule has 136 valence electrons. The molecule has 0 radical (unpaired) electrons. The number of hydrogen-bond donors (Lipinski definition) is 1. The molecule has 0 spiro atoms. The number of aromatic nitrogens is 2. The summed E-state index contributed by atoms with van der Waals surface area (Å²) in [6, 6.07) is 3.71. The Morgan fingerprint density at radius 2 is 1.96 bits per heavy atom. The molecule has 2 heterocycles. The Morgan fingerprint density at radius 3 is 2.60 bits per heavy atom. The highest BCUT2D eigenvalue weighted by Gasteiger charge is 2.26. The summed E-state index contributed by atoms with van der Waals surface area (Å²) in [6.45, 7) is 9.98. The number of amides is 1. The van der Waals surface area contributed by atoms with Crippen molar-refractivity contribution in [3.63, 3.8) is 0 Å². The quantitative estimate of drug-likeness (QED) is 0.773. The molecule has 2 aromatic heterocycles. The predicted molar refractivity (Wildman–Crippen MR) is 98.5 cm³/mol. The van der Waals surface area contributed by atoms with Gasteiger partial charge in [-0.2, -0.15) is 0 Å². The monoisotopic (exact) mass is 363 g/mol. The van der Waals surface area contributed by atoms with Gasteiger partial charge in [0.2, 0.25) is 0 Å². The van der Waals surface area contributed by atoms with Gasteiger partial charge in [-0.05, 0) is 52.3 Å². The summed E-state index contributed by atoms with van der Waals surface area (Å²) in [5, 5.41) is 5.24. The van der Waals surface area contributed by atoms with E-state index in [-0.39, 0.29) is 12.0 Å². The normalized spacial score (nSPS) is 13.0. The summed E-state index contributed by atoms with van der Waals surface area (Å²) in [5.74, 6) is -0.224. The smallest absolute Gasteiger partial charge is 0.255 e. The van der Waals surface area contributed by atoms with Crippen molar-refractivity contribution in [2.75, 3.05) is 5.32 Å². The average Bonchev–Trinajstić information content (AvgIpc) is 3.02. The number of thiazole rings is 1. The van der Waals surface area contributed by atoms with Crippen LogP contribution in [0.2, 0.25) is 0 Å². The second-order valence-electron chi connectivity index (χ2n) is 6.51. The van der Waals surface area contributed by atoms with Crippen molar-refractivity contribution in [3.8, 4) is 0 Å². The van der Waals surface area contributed by atoms with Gasteiger partial charge in [0.25, 0.3) is 5.91 Å². The Hall–Kier alpha value is -1.83. The van der Waals surface area contributed by atoms with Gasteiger partial charge in [0.1, 0.15) is 11.7 Å². The lowest BCUT2D eigenvalue weighted by Gasteiger charge is -2.25. The van der Waals surface area contributed by atoms with Gasteiger partial charge in [-0.3, -0.25) is 15.1 Å². The molecule has 1 amide bonds. The molecule has 2 rings (SSSR count). The van der Waals surface area contributed by atoms with Gasteiger partial charge in [-0.1, -0.05) is 0 Å². The van der Waals surface area contributed by atoms with E-state index in [2.05, 4.69) is 15.3 Å². The van der Waals surface area contributed by atoms with Crippen molar-refractivity contribution in [2.24, 2.45) is 0 Å². The third kappa shape index (κ3) is 5.88. The van der Waals surface area contributed by atoms with E-state index in [1.54, 1.807) is 19.3 Å². The van der Waals surface area contributed by atoms with E-state index in [0.29, 0.717) is 11.7 Å². The highest BCUT2D eigenvalue weighted by molar-refractivity contribution is 7.13. The van der Waals surface area contributed by atoms with Crippen molar-refractivity contribution in [2.45, 2.75) is 59.0 Å². The van der Waals surface area contributed by atoms with Gasteiger partial charge >= 0.3 is 0 Å². The van der Waals surface area contributed by atoms with E-state index in [1.165, 1.54) is 11.3 Å². The number of rotatable bonds is 8. The summed E-state index contributed by atoms with van der Waals surface area (Å²) in [6.07, 6.45) is 2.90. The molecule has 0 unspecified atom stereocenters. The second kappa shape index (κ2) is 8.51. The van der Waals surface area contributed by atoms with Gasteiger partial charge in [0.05, 0.1) is 18.4 Å². The highest BCUT2D eigenvalue weighted by atomic mass is 32.1. The van der Waals surface area contributed by atoms with Crippen molar-refractivity contribution in [1.29, 1.82) is 0 Å². The minimum absolute atomic E-state index is 0.0938. The fourth-order valence-electron chi connectivity index (χ4n) is 2.24. The predicted octanol–water partition coefficient (Wildman–Crippen LogP) is 3.74. The number of anilines is 1. The van der Waals surface area contributed by atoms with Gasteiger partial charge in [0, 0.05) is 17.8 Å². The number of ether oxygens (including phenoxy) is 2. The zero-order chi connectivity index (χ0) is 18.4. The maximum absolute atomic E-state index is 12.3. The number of nitrogens with zero attached hydrogens (tertiary/aromatic N) is 2. The highest BCUT2D eigenvalue weighted by Crippen LogP contribution is 2.29. The SMILES string of the molecule is CC(C)OC(C)(C)c1csc(NC(=O)[C@H](C)OCc2ccncc2)n1. The molecule has 0 fully saturated rings. The molecule has 0 saturated carbocycles. The van der Waals surface area contributed by atoms with E-state index >= 15 is 0 Å². The summed E-state index contributed by atoms with van der Waals surface area (Å²) in [5.41, 5.74) is 1.27. The van der Waals surface area contributed by atoms with E-state index in [0.717, 1.165) is 11.3 Å². The van der Waals surface area contributed by atoms with E-state index < -0.39 is 11.7 Å². The number of hydrogen-bond acceptors (Lipinski definition) is 6. The minimum atomic E-state index is -0.583. The molecule has 0 aliphatic rings. The third-order valence-corrected chi connectivity index (χ3v) is 4.26. The number of pyridine rings is 1. The number of carbonyl (C=O) groups excluding carboxylic acids is 1. The molecule has 0 aliphatic carbocycles. The first kappa shape index (κ1) is 19.5. The summed E-state index contributed by atoms with van der Waals surface area (Å²) in [7, 11) is 0. The topological polar surface area (TPSA) is 73.3 Å². The maximum Gasteiger partial charge on any atom is 0.255 e. The molecular formula is C18H25N3O3S. The average molecular weight is 363 g/mol. The third-order valence-electron chi connectivity index (χ3n) is 3.50. The molecule has 1 atom stereocenters. The minimum Gasteiger partial charge on any atom is -0.367 e. The Bertz CT molecular complexity index is 686. The maximum atomic E-state index is 12.3. The van der Waals surface area contributed by atoms with Gasteiger partial charge in [-0.25, -0.2) is 4.98 Å². The lowest BCUT2D eigenvalue weighted by molar-refractivity contribution is -0.127. The van der Waals surface area contributed by atoms with Crippen LogP contribution in [0.4, 0.5) is 5.13 Å². The molecule has 0 aliphatic heterocycles. The van der Waals surface area contributed by atoms with Crippen LogP contribution in [0.5, 0.6) is 0 Å². The van der Waals surface area contributed by atoms with E-state index in [1.807, 2.05) is 45.2 Å². The molecule has 7 heteroatoms. The van der Waals surface area contributed by atoms with Crippen LogP contribution >= 0.6 is 11.3 Å². The largest absolute Gasteiger partial charge is 0.367 e. The summed E-state index contributed by atoms with van der Waals surface area (Å²) < 4.78 is 11.5. The fraction of sp³-hybridized carbons (Fsp3) is 0.500.